The molecule has 0 radical (unpaired) electrons. The van der Waals surface area contributed by atoms with E-state index in [9.17, 15) is 8.42 Å². The minimum Gasteiger partial charge on any atom is -0.385 e. The van der Waals surface area contributed by atoms with Crippen molar-refractivity contribution in [3.8, 4) is 0 Å². The van der Waals surface area contributed by atoms with Crippen LogP contribution in [0.2, 0.25) is 0 Å². The molecule has 0 saturated carbocycles. The van der Waals surface area contributed by atoms with Crippen molar-refractivity contribution >= 4 is 21.4 Å². The van der Waals surface area contributed by atoms with Crippen molar-refractivity contribution in [2.45, 2.75) is 78.3 Å². The molecule has 166 valence electrons. The van der Waals surface area contributed by atoms with Gasteiger partial charge in [0.05, 0.1) is 17.5 Å². The standard InChI is InChI=1S/C22H39N3O3S/c1-16(2)29(26,27)24-11-9-7-8-10-23-21-12-18(4)22(13-17(21)3)25-14-19(5)28-20(6)15-25/h12-13,16,19-20,23-24H,7-11,14-15H2,1-6H3/t19-,20+. The number of hydrogen-bond acceptors (Lipinski definition) is 5. The van der Waals surface area contributed by atoms with Crippen LogP contribution in [0.15, 0.2) is 12.1 Å². The van der Waals surface area contributed by atoms with Gasteiger partial charge in [0.1, 0.15) is 0 Å². The second kappa shape index (κ2) is 10.6. The zero-order chi connectivity index (χ0) is 21.6. The molecule has 0 unspecified atom stereocenters. The van der Waals surface area contributed by atoms with Gasteiger partial charge in [-0.25, -0.2) is 13.1 Å². The molecule has 1 aromatic rings. The molecular formula is C22H39N3O3S. The zero-order valence-corrected chi connectivity index (χ0v) is 19.7. The van der Waals surface area contributed by atoms with Crippen molar-refractivity contribution in [3.05, 3.63) is 23.3 Å². The largest absolute Gasteiger partial charge is 0.385 e. The van der Waals surface area contributed by atoms with E-state index in [0.29, 0.717) is 6.54 Å². The highest BCUT2D eigenvalue weighted by Crippen LogP contribution is 2.29. The first-order valence-electron chi connectivity index (χ1n) is 10.8. The monoisotopic (exact) mass is 425 g/mol. The lowest BCUT2D eigenvalue weighted by molar-refractivity contribution is -0.00524. The number of unbranched alkanes of at least 4 members (excludes halogenated alkanes) is 2. The highest BCUT2D eigenvalue weighted by Gasteiger charge is 2.23. The van der Waals surface area contributed by atoms with Crippen LogP contribution in [-0.4, -0.2) is 52.1 Å². The topological polar surface area (TPSA) is 70.7 Å². The van der Waals surface area contributed by atoms with Crippen LogP contribution in [-0.2, 0) is 14.8 Å². The summed E-state index contributed by atoms with van der Waals surface area (Å²) in [6.07, 6.45) is 3.37. The first kappa shape index (κ1) is 24.0. The summed E-state index contributed by atoms with van der Waals surface area (Å²) in [5.74, 6) is 0. The zero-order valence-electron chi connectivity index (χ0n) is 18.9. The molecule has 0 aliphatic carbocycles. The quantitative estimate of drug-likeness (QED) is 0.558. The minimum absolute atomic E-state index is 0.251. The summed E-state index contributed by atoms with van der Waals surface area (Å²) in [7, 11) is -3.14. The Kier molecular flexibility index (Phi) is 8.79. The fourth-order valence-corrected chi connectivity index (χ4v) is 4.50. The summed E-state index contributed by atoms with van der Waals surface area (Å²) in [5, 5.41) is 3.17. The molecule has 1 aromatic carbocycles. The van der Waals surface area contributed by atoms with Gasteiger partial charge >= 0.3 is 0 Å². The maximum Gasteiger partial charge on any atom is 0.213 e. The van der Waals surface area contributed by atoms with Gasteiger partial charge in [-0.15, -0.1) is 0 Å². The van der Waals surface area contributed by atoms with E-state index in [0.717, 1.165) is 38.9 Å². The van der Waals surface area contributed by atoms with Crippen molar-refractivity contribution in [2.75, 3.05) is 36.4 Å². The van der Waals surface area contributed by atoms with Gasteiger partial charge in [0, 0.05) is 37.6 Å². The Hall–Kier alpha value is -1.31. The summed E-state index contributed by atoms with van der Waals surface area (Å²) < 4.78 is 32.0. The molecule has 0 amide bonds. The fraction of sp³-hybridized carbons (Fsp3) is 0.727. The Balaban J connectivity index is 1.80. The van der Waals surface area contributed by atoms with Gasteiger partial charge in [0.2, 0.25) is 10.0 Å². The van der Waals surface area contributed by atoms with Crippen LogP contribution < -0.4 is 14.9 Å². The van der Waals surface area contributed by atoms with E-state index >= 15 is 0 Å². The number of ether oxygens (including phenoxy) is 1. The lowest BCUT2D eigenvalue weighted by Crippen LogP contribution is -2.45. The summed E-state index contributed by atoms with van der Waals surface area (Å²) in [6.45, 7) is 15.2. The molecular weight excluding hydrogens is 386 g/mol. The van der Waals surface area contributed by atoms with Crippen LogP contribution in [0.3, 0.4) is 0 Å². The predicted molar refractivity (Wildman–Crippen MR) is 123 cm³/mol. The lowest BCUT2D eigenvalue weighted by atomic mass is 10.1. The molecule has 1 heterocycles. The van der Waals surface area contributed by atoms with Gasteiger partial charge in [-0.2, -0.15) is 0 Å². The number of nitrogens with one attached hydrogen (secondary N) is 2. The molecule has 0 bridgehead atoms. The van der Waals surface area contributed by atoms with Crippen LogP contribution in [0.5, 0.6) is 0 Å². The van der Waals surface area contributed by atoms with E-state index in [-0.39, 0.29) is 17.5 Å². The van der Waals surface area contributed by atoms with E-state index in [1.54, 1.807) is 13.8 Å². The van der Waals surface area contributed by atoms with Gasteiger partial charge in [-0.1, -0.05) is 6.42 Å². The Morgan fingerprint density at radius 1 is 1.03 bits per heavy atom. The third kappa shape index (κ3) is 7.15. The van der Waals surface area contributed by atoms with Crippen molar-refractivity contribution in [1.29, 1.82) is 0 Å². The maximum absolute atomic E-state index is 11.7. The summed E-state index contributed by atoms with van der Waals surface area (Å²) in [5.41, 5.74) is 5.01. The first-order valence-corrected chi connectivity index (χ1v) is 12.4. The minimum atomic E-state index is -3.14. The number of benzene rings is 1. The highest BCUT2D eigenvalue weighted by atomic mass is 32.2. The maximum atomic E-state index is 11.7. The Morgan fingerprint density at radius 3 is 2.28 bits per heavy atom. The van der Waals surface area contributed by atoms with Crippen LogP contribution in [0.25, 0.3) is 0 Å². The van der Waals surface area contributed by atoms with Gasteiger partial charge in [-0.3, -0.25) is 0 Å². The van der Waals surface area contributed by atoms with E-state index in [1.807, 2.05) is 0 Å². The van der Waals surface area contributed by atoms with Crippen LogP contribution in [0.1, 0.15) is 58.1 Å². The van der Waals surface area contributed by atoms with Crippen LogP contribution >= 0.6 is 0 Å². The van der Waals surface area contributed by atoms with Gasteiger partial charge in [0.25, 0.3) is 0 Å². The number of rotatable bonds is 10. The molecule has 2 N–H and O–H groups in total. The lowest BCUT2D eigenvalue weighted by Gasteiger charge is -2.38. The third-order valence-corrected chi connectivity index (χ3v) is 7.24. The third-order valence-electron chi connectivity index (χ3n) is 5.40. The van der Waals surface area contributed by atoms with Crippen LogP contribution in [0, 0.1) is 13.8 Å². The summed E-state index contributed by atoms with van der Waals surface area (Å²) in [6, 6.07) is 4.52. The smallest absolute Gasteiger partial charge is 0.213 e. The number of sulfonamides is 1. The molecule has 6 nitrogen and oxygen atoms in total. The first-order chi connectivity index (χ1) is 13.6. The summed E-state index contributed by atoms with van der Waals surface area (Å²) in [4.78, 5) is 2.43. The second-order valence-corrected chi connectivity index (χ2v) is 10.9. The Labute approximate surface area is 177 Å². The molecule has 0 aromatic heterocycles. The molecule has 1 saturated heterocycles. The van der Waals surface area contributed by atoms with Crippen molar-refractivity contribution < 1.29 is 13.2 Å². The summed E-state index contributed by atoms with van der Waals surface area (Å²) >= 11 is 0. The Bertz CT molecular complexity index is 755. The molecule has 1 aliphatic rings. The number of hydrogen-bond donors (Lipinski definition) is 2. The SMILES string of the molecule is Cc1cc(N2C[C@@H](C)O[C@@H](C)C2)c(C)cc1NCCCCCNS(=O)(=O)C(C)C. The molecule has 29 heavy (non-hydrogen) atoms. The number of aryl methyl sites for hydroxylation is 2. The highest BCUT2D eigenvalue weighted by molar-refractivity contribution is 7.90. The van der Waals surface area contributed by atoms with Crippen molar-refractivity contribution in [2.24, 2.45) is 0 Å². The number of morpholine rings is 1. The molecule has 1 aliphatic heterocycles. The molecule has 2 rings (SSSR count). The van der Waals surface area contributed by atoms with Gasteiger partial charge < -0.3 is 15.0 Å². The van der Waals surface area contributed by atoms with E-state index in [1.165, 1.54) is 22.5 Å². The molecule has 1 fully saturated rings. The molecule has 7 heteroatoms. The predicted octanol–water partition coefficient (Wildman–Crippen LogP) is 3.83. The van der Waals surface area contributed by atoms with Gasteiger partial charge in [0.15, 0.2) is 0 Å². The average Bonchev–Trinajstić information content (AvgIpc) is 2.62. The van der Waals surface area contributed by atoms with E-state index in [4.69, 9.17) is 4.74 Å². The normalized spacial score (nSPS) is 20.3. The van der Waals surface area contributed by atoms with Crippen LogP contribution in [0.4, 0.5) is 11.4 Å². The van der Waals surface area contributed by atoms with Crippen molar-refractivity contribution in [3.63, 3.8) is 0 Å². The Morgan fingerprint density at radius 2 is 1.66 bits per heavy atom. The average molecular weight is 426 g/mol. The second-order valence-electron chi connectivity index (χ2n) is 8.59. The number of nitrogens with zero attached hydrogens (tertiary/aromatic N) is 1. The number of anilines is 2. The van der Waals surface area contributed by atoms with Gasteiger partial charge in [-0.05, 0) is 77.6 Å². The fourth-order valence-electron chi connectivity index (χ4n) is 3.74. The molecule has 2 atom stereocenters. The van der Waals surface area contributed by atoms with E-state index < -0.39 is 10.0 Å². The molecule has 0 spiro atoms. The van der Waals surface area contributed by atoms with Crippen molar-refractivity contribution in [1.82, 2.24) is 4.72 Å². The van der Waals surface area contributed by atoms with E-state index in [2.05, 4.69) is 54.8 Å².